The second-order valence-electron chi connectivity index (χ2n) is 6.38. The van der Waals surface area contributed by atoms with E-state index in [1.54, 1.807) is 6.92 Å². The van der Waals surface area contributed by atoms with Crippen LogP contribution < -0.4 is 5.32 Å². The van der Waals surface area contributed by atoms with Crippen molar-refractivity contribution in [3.8, 4) is 0 Å². The van der Waals surface area contributed by atoms with Gasteiger partial charge in [-0.05, 0) is 25.3 Å². The third-order valence-electron chi connectivity index (χ3n) is 4.33. The van der Waals surface area contributed by atoms with Crippen molar-refractivity contribution in [3.63, 3.8) is 0 Å². The Bertz CT molecular complexity index is 640. The summed E-state index contributed by atoms with van der Waals surface area (Å²) < 4.78 is 0. The highest BCUT2D eigenvalue weighted by atomic mass is 32.2. The van der Waals surface area contributed by atoms with E-state index in [9.17, 15) is 19.5 Å². The maximum absolute atomic E-state index is 12.7. The van der Waals surface area contributed by atoms with Gasteiger partial charge in [0.1, 0.15) is 12.6 Å². The minimum absolute atomic E-state index is 0.206. The zero-order valence-electron chi connectivity index (χ0n) is 14.6. The molecule has 0 aliphatic carbocycles. The van der Waals surface area contributed by atoms with Crippen LogP contribution in [0.25, 0.3) is 0 Å². The maximum Gasteiger partial charge on any atom is 0.323 e. The normalized spacial score (nSPS) is 21.9. The van der Waals surface area contributed by atoms with Crippen LogP contribution in [0.1, 0.15) is 18.9 Å². The molecule has 0 radical (unpaired) electrons. The van der Waals surface area contributed by atoms with Gasteiger partial charge < -0.3 is 15.1 Å². The first kappa shape index (κ1) is 20.3. The third-order valence-corrected chi connectivity index (χ3v) is 5.61. The Morgan fingerprint density at radius 2 is 1.96 bits per heavy atom. The van der Waals surface area contributed by atoms with Gasteiger partial charge in [0.2, 0.25) is 5.91 Å². The number of rotatable bonds is 8. The van der Waals surface area contributed by atoms with E-state index in [0.717, 1.165) is 5.56 Å². The lowest BCUT2D eigenvalue weighted by molar-refractivity contribution is -0.147. The Morgan fingerprint density at radius 3 is 2.58 bits per heavy atom. The van der Waals surface area contributed by atoms with E-state index < -0.39 is 24.0 Å². The van der Waals surface area contributed by atoms with Crippen LogP contribution in [0.4, 0.5) is 0 Å². The molecule has 8 heteroatoms. The second kappa shape index (κ2) is 9.59. The molecule has 0 saturated carbocycles. The van der Waals surface area contributed by atoms with Gasteiger partial charge in [-0.3, -0.25) is 19.7 Å². The Morgan fingerprint density at radius 1 is 1.27 bits per heavy atom. The van der Waals surface area contributed by atoms with Crippen LogP contribution in [0.5, 0.6) is 0 Å². The van der Waals surface area contributed by atoms with Gasteiger partial charge in [0.05, 0.1) is 6.04 Å². The molecule has 0 aromatic heterocycles. The third kappa shape index (κ3) is 5.74. The lowest BCUT2D eigenvalue weighted by Crippen LogP contribution is -2.54. The summed E-state index contributed by atoms with van der Waals surface area (Å²) in [6, 6.07) is 7.78. The maximum atomic E-state index is 12.7. The van der Waals surface area contributed by atoms with Crippen LogP contribution in [0.15, 0.2) is 30.3 Å². The van der Waals surface area contributed by atoms with Crippen molar-refractivity contribution < 1.29 is 24.6 Å². The number of carboxylic acid groups (broad SMARTS) is 2. The number of aliphatic carboxylic acids is 2. The van der Waals surface area contributed by atoms with E-state index >= 15 is 0 Å². The first-order valence-electron chi connectivity index (χ1n) is 8.51. The Hall–Kier alpha value is -2.06. The second-order valence-corrected chi connectivity index (χ2v) is 7.46. The van der Waals surface area contributed by atoms with E-state index in [4.69, 9.17) is 5.11 Å². The molecule has 1 aliphatic heterocycles. The van der Waals surface area contributed by atoms with Crippen LogP contribution in [-0.4, -0.2) is 69.1 Å². The predicted octanol–water partition coefficient (Wildman–Crippen LogP) is 1.08. The average Bonchev–Trinajstić information content (AvgIpc) is 2.72. The van der Waals surface area contributed by atoms with E-state index in [-0.39, 0.29) is 18.5 Å². The number of nitrogens with one attached hydrogen (secondary N) is 1. The number of thioether (sulfide) groups is 1. The Labute approximate surface area is 156 Å². The van der Waals surface area contributed by atoms with Crippen LogP contribution in [0.3, 0.4) is 0 Å². The van der Waals surface area contributed by atoms with Crippen LogP contribution in [0.2, 0.25) is 0 Å². The number of hydrogen-bond donors (Lipinski definition) is 3. The van der Waals surface area contributed by atoms with Gasteiger partial charge in [0.15, 0.2) is 0 Å². The minimum Gasteiger partial charge on any atom is -0.480 e. The van der Waals surface area contributed by atoms with Gasteiger partial charge >= 0.3 is 11.9 Å². The molecule has 2 unspecified atom stereocenters. The number of hydrogen-bond acceptors (Lipinski definition) is 5. The topological polar surface area (TPSA) is 107 Å². The number of aryl methyl sites for hydroxylation is 1. The number of amides is 1. The summed E-state index contributed by atoms with van der Waals surface area (Å²) in [5.41, 5.74) is 1.03. The molecule has 142 valence electrons. The highest BCUT2D eigenvalue weighted by Crippen LogP contribution is 2.18. The first-order valence-corrected chi connectivity index (χ1v) is 9.66. The van der Waals surface area contributed by atoms with Crippen molar-refractivity contribution in [2.24, 2.45) is 0 Å². The number of carbonyl (C=O) groups is 3. The summed E-state index contributed by atoms with van der Waals surface area (Å²) in [6.45, 7) is 1.43. The Balaban J connectivity index is 2.04. The van der Waals surface area contributed by atoms with Crippen molar-refractivity contribution >= 4 is 29.6 Å². The molecule has 2 rings (SSSR count). The number of nitrogens with zero attached hydrogens (tertiary/aromatic N) is 1. The van der Waals surface area contributed by atoms with Crippen LogP contribution in [-0.2, 0) is 20.8 Å². The molecule has 0 spiro atoms. The summed E-state index contributed by atoms with van der Waals surface area (Å²) in [5, 5.41) is 21.5. The lowest BCUT2D eigenvalue weighted by atomic mass is 10.0. The number of carbonyl (C=O) groups excluding carboxylic acids is 1. The molecule has 3 N–H and O–H groups in total. The molecule has 3 atom stereocenters. The van der Waals surface area contributed by atoms with Gasteiger partial charge in [-0.15, -0.1) is 0 Å². The van der Waals surface area contributed by atoms with Crippen LogP contribution in [0, 0.1) is 0 Å². The van der Waals surface area contributed by atoms with Crippen molar-refractivity contribution in [2.75, 3.05) is 18.1 Å². The summed E-state index contributed by atoms with van der Waals surface area (Å²) in [7, 11) is 0. The van der Waals surface area contributed by atoms with Gasteiger partial charge in [-0.1, -0.05) is 30.3 Å². The van der Waals surface area contributed by atoms with Crippen molar-refractivity contribution in [1.29, 1.82) is 0 Å². The molecule has 26 heavy (non-hydrogen) atoms. The summed E-state index contributed by atoms with van der Waals surface area (Å²) in [4.78, 5) is 36.7. The summed E-state index contributed by atoms with van der Waals surface area (Å²) >= 11 is 1.52. The lowest BCUT2D eigenvalue weighted by Gasteiger charge is -2.29. The summed E-state index contributed by atoms with van der Waals surface area (Å²) in [6.07, 6.45) is 0.927. The van der Waals surface area contributed by atoms with Gasteiger partial charge in [-0.25, -0.2) is 0 Å². The fourth-order valence-corrected chi connectivity index (χ4v) is 4.04. The smallest absolute Gasteiger partial charge is 0.323 e. The zero-order chi connectivity index (χ0) is 19.1. The van der Waals surface area contributed by atoms with Crippen molar-refractivity contribution in [3.05, 3.63) is 35.9 Å². The quantitative estimate of drug-likeness (QED) is 0.619. The van der Waals surface area contributed by atoms with E-state index in [1.165, 1.54) is 16.7 Å². The first-order chi connectivity index (χ1) is 12.4. The van der Waals surface area contributed by atoms with Crippen LogP contribution >= 0.6 is 11.8 Å². The summed E-state index contributed by atoms with van der Waals surface area (Å²) in [5.74, 6) is -1.39. The fraction of sp³-hybridized carbons (Fsp3) is 0.500. The van der Waals surface area contributed by atoms with Crippen molar-refractivity contribution in [2.45, 2.75) is 37.9 Å². The van der Waals surface area contributed by atoms with E-state index in [2.05, 4.69) is 5.32 Å². The molecule has 1 aromatic rings. The SMILES string of the molecule is CC1CSCC(N[C@@H](CCc2ccccc2)C(=O)O)C(=O)N1CC(=O)O. The predicted molar refractivity (Wildman–Crippen MR) is 99.2 cm³/mol. The van der Waals surface area contributed by atoms with E-state index in [0.29, 0.717) is 24.3 Å². The minimum atomic E-state index is -1.07. The van der Waals surface area contributed by atoms with E-state index in [1.807, 2.05) is 30.3 Å². The molecular weight excluding hydrogens is 356 g/mol. The molecule has 1 fully saturated rings. The fourth-order valence-electron chi connectivity index (χ4n) is 2.91. The molecule has 1 heterocycles. The molecular formula is C18H24N2O5S. The molecule has 1 saturated heterocycles. The van der Waals surface area contributed by atoms with Gasteiger partial charge in [-0.2, -0.15) is 11.8 Å². The average molecular weight is 380 g/mol. The van der Waals surface area contributed by atoms with Gasteiger partial charge in [0, 0.05) is 17.5 Å². The molecule has 1 aliphatic rings. The largest absolute Gasteiger partial charge is 0.480 e. The molecule has 0 bridgehead atoms. The molecule has 1 aromatic carbocycles. The number of carboxylic acids is 2. The zero-order valence-corrected chi connectivity index (χ0v) is 15.4. The molecule has 7 nitrogen and oxygen atoms in total. The Kier molecular flexibility index (Phi) is 7.47. The van der Waals surface area contributed by atoms with Crippen molar-refractivity contribution in [1.82, 2.24) is 10.2 Å². The highest BCUT2D eigenvalue weighted by Gasteiger charge is 2.34. The highest BCUT2D eigenvalue weighted by molar-refractivity contribution is 7.99. The molecule has 1 amide bonds. The number of benzene rings is 1. The van der Waals surface area contributed by atoms with Gasteiger partial charge in [0.25, 0.3) is 0 Å². The monoisotopic (exact) mass is 380 g/mol. The standard InChI is InChI=1S/C18H24N2O5S/c1-12-10-26-11-15(17(23)20(12)9-16(21)22)19-14(18(24)25)8-7-13-5-3-2-4-6-13/h2-6,12,14-15,19H,7-11H2,1H3,(H,21,22)(H,24,25)/t12?,14-,15?/m0/s1.